The van der Waals surface area contributed by atoms with Crippen molar-refractivity contribution in [2.45, 2.75) is 0 Å². The summed E-state index contributed by atoms with van der Waals surface area (Å²) in [5, 5.41) is 16.5. The van der Waals surface area contributed by atoms with Gasteiger partial charge in [0, 0.05) is 23.3 Å². The molecule has 0 amide bonds. The number of halogens is 1. The fourth-order valence-electron chi connectivity index (χ4n) is 2.26. The van der Waals surface area contributed by atoms with Crippen molar-refractivity contribution in [3.8, 4) is 22.0 Å². The van der Waals surface area contributed by atoms with Crippen molar-refractivity contribution >= 4 is 40.7 Å². The molecule has 0 saturated heterocycles. The van der Waals surface area contributed by atoms with E-state index in [1.807, 2.05) is 17.5 Å². The minimum Gasteiger partial charge on any atom is -0.478 e. The molecule has 1 aromatic carbocycles. The maximum Gasteiger partial charge on any atom is 0.335 e. The Morgan fingerprint density at radius 3 is 2.88 bits per heavy atom. The molecule has 4 aromatic rings. The summed E-state index contributed by atoms with van der Waals surface area (Å²) in [6.45, 7) is 0. The van der Waals surface area contributed by atoms with Gasteiger partial charge in [-0.1, -0.05) is 5.16 Å². The Hall–Kier alpha value is -2.77. The van der Waals surface area contributed by atoms with Gasteiger partial charge >= 0.3 is 5.97 Å². The third kappa shape index (κ3) is 2.75. The molecule has 0 atom stereocenters. The largest absolute Gasteiger partial charge is 0.478 e. The first-order chi connectivity index (χ1) is 11.2. The van der Waals surface area contributed by atoms with Crippen molar-refractivity contribution in [3.05, 3.63) is 53.7 Å². The van der Waals surface area contributed by atoms with Crippen molar-refractivity contribution in [1.82, 2.24) is 15.1 Å². The highest BCUT2D eigenvalue weighted by Crippen LogP contribution is 2.32. The number of fused-ring (bicyclic) bond motifs is 1. The van der Waals surface area contributed by atoms with Gasteiger partial charge in [-0.3, -0.25) is 4.98 Å². The van der Waals surface area contributed by atoms with Gasteiger partial charge in [0.05, 0.1) is 10.9 Å². The predicted octanol–water partition coefficient (Wildman–Crippen LogP) is 4.13. The summed E-state index contributed by atoms with van der Waals surface area (Å²) in [7, 11) is 0. The molecule has 0 bridgehead atoms. The lowest BCUT2D eigenvalue weighted by molar-refractivity contribution is 0.0697. The minimum atomic E-state index is -0.992. The topological polar surface area (TPSA) is 89.1 Å². The Bertz CT molecular complexity index is 1010. The van der Waals surface area contributed by atoms with E-state index < -0.39 is 5.97 Å². The van der Waals surface area contributed by atoms with Crippen LogP contribution in [0.15, 0.2) is 52.6 Å². The molecular formula is C16H10ClN3O3S. The zero-order chi connectivity index (χ0) is 15.8. The van der Waals surface area contributed by atoms with Gasteiger partial charge in [-0.2, -0.15) is 0 Å². The van der Waals surface area contributed by atoms with E-state index in [2.05, 4.69) is 15.1 Å². The number of aromatic nitrogens is 3. The number of thiazole rings is 1. The lowest BCUT2D eigenvalue weighted by Gasteiger charge is -1.95. The Morgan fingerprint density at radius 2 is 2.12 bits per heavy atom. The molecule has 1 N–H and O–H groups in total. The molecule has 0 radical (unpaired) electrons. The second kappa shape index (κ2) is 6.38. The molecule has 6 nitrogen and oxygen atoms in total. The van der Waals surface area contributed by atoms with Crippen LogP contribution < -0.4 is 0 Å². The van der Waals surface area contributed by atoms with Gasteiger partial charge in [0.25, 0.3) is 0 Å². The molecule has 0 spiro atoms. The number of aromatic carboxylic acids is 1. The summed E-state index contributed by atoms with van der Waals surface area (Å²) in [5.41, 5.74) is 2.82. The first-order valence-corrected chi connectivity index (χ1v) is 7.59. The highest BCUT2D eigenvalue weighted by atomic mass is 35.5. The number of benzene rings is 1. The fourth-order valence-corrected chi connectivity index (χ4v) is 3.06. The third-order valence-corrected chi connectivity index (χ3v) is 4.26. The van der Waals surface area contributed by atoms with Crippen LogP contribution in [0.3, 0.4) is 0 Å². The molecule has 0 aliphatic heterocycles. The molecule has 0 aliphatic carbocycles. The molecule has 24 heavy (non-hydrogen) atoms. The average Bonchev–Trinajstić information content (AvgIpc) is 3.21. The van der Waals surface area contributed by atoms with Gasteiger partial charge in [0.2, 0.25) is 0 Å². The van der Waals surface area contributed by atoms with Crippen molar-refractivity contribution in [2.75, 3.05) is 0 Å². The number of pyridine rings is 1. The van der Waals surface area contributed by atoms with Crippen LogP contribution in [-0.2, 0) is 0 Å². The fraction of sp³-hybridized carbons (Fsp3) is 0. The molecule has 120 valence electrons. The lowest BCUT2D eigenvalue weighted by Crippen LogP contribution is -1.94. The Labute approximate surface area is 146 Å². The van der Waals surface area contributed by atoms with Crippen LogP contribution in [0.1, 0.15) is 10.4 Å². The van der Waals surface area contributed by atoms with Gasteiger partial charge in [-0.15, -0.1) is 23.7 Å². The van der Waals surface area contributed by atoms with Gasteiger partial charge < -0.3 is 9.63 Å². The maximum absolute atomic E-state index is 11.1. The van der Waals surface area contributed by atoms with E-state index in [0.29, 0.717) is 22.4 Å². The number of carbonyl (C=O) groups is 1. The number of carboxylic acids is 1. The molecule has 3 heterocycles. The van der Waals surface area contributed by atoms with E-state index >= 15 is 0 Å². The predicted molar refractivity (Wildman–Crippen MR) is 92.6 cm³/mol. The maximum atomic E-state index is 11.1. The van der Waals surface area contributed by atoms with Crippen LogP contribution in [0.2, 0.25) is 0 Å². The molecule has 8 heteroatoms. The summed E-state index contributed by atoms with van der Waals surface area (Å²) in [5.74, 6) is -0.992. The number of carboxylic acid groups (broad SMARTS) is 1. The monoisotopic (exact) mass is 359 g/mol. The summed E-state index contributed by atoms with van der Waals surface area (Å²) < 4.78 is 5.26. The van der Waals surface area contributed by atoms with Crippen LogP contribution in [0.25, 0.3) is 32.9 Å². The van der Waals surface area contributed by atoms with Crippen molar-refractivity contribution in [2.24, 2.45) is 0 Å². The molecule has 3 aromatic heterocycles. The van der Waals surface area contributed by atoms with Crippen LogP contribution in [0.5, 0.6) is 0 Å². The van der Waals surface area contributed by atoms with Crippen molar-refractivity contribution < 1.29 is 14.4 Å². The molecule has 0 aliphatic rings. The van der Waals surface area contributed by atoms with Gasteiger partial charge in [-0.05, 0) is 30.3 Å². The van der Waals surface area contributed by atoms with Crippen LogP contribution in [0.4, 0.5) is 0 Å². The normalized spacial score (nSPS) is 10.5. The van der Waals surface area contributed by atoms with Crippen molar-refractivity contribution in [1.29, 1.82) is 0 Å². The summed E-state index contributed by atoms with van der Waals surface area (Å²) >= 11 is 1.47. The first-order valence-electron chi connectivity index (χ1n) is 6.71. The second-order valence-electron chi connectivity index (χ2n) is 4.83. The van der Waals surface area contributed by atoms with Gasteiger partial charge in [0.15, 0.2) is 5.58 Å². The van der Waals surface area contributed by atoms with Crippen molar-refractivity contribution in [3.63, 3.8) is 0 Å². The second-order valence-corrected chi connectivity index (χ2v) is 5.68. The molecular weight excluding hydrogens is 350 g/mol. The van der Waals surface area contributed by atoms with E-state index in [0.717, 1.165) is 10.6 Å². The molecule has 0 fully saturated rings. The number of nitrogens with zero attached hydrogens (tertiary/aromatic N) is 3. The number of rotatable bonds is 3. The van der Waals surface area contributed by atoms with Crippen LogP contribution in [-0.4, -0.2) is 26.2 Å². The Morgan fingerprint density at radius 1 is 1.25 bits per heavy atom. The van der Waals surface area contributed by atoms with E-state index in [-0.39, 0.29) is 18.0 Å². The van der Waals surface area contributed by atoms with Crippen LogP contribution >= 0.6 is 23.7 Å². The number of hydrogen-bond donors (Lipinski definition) is 1. The Balaban J connectivity index is 0.00000169. The lowest BCUT2D eigenvalue weighted by atomic mass is 10.1. The quantitative estimate of drug-likeness (QED) is 0.591. The highest BCUT2D eigenvalue weighted by Gasteiger charge is 2.16. The zero-order valence-electron chi connectivity index (χ0n) is 12.0. The SMILES string of the molecule is Cl.O=C(O)c1ccc2onc(-c3csc(-c4cccnc4)n3)c2c1. The molecule has 0 saturated carbocycles. The standard InChI is InChI=1S/C16H9N3O3S.ClH/c20-16(21)9-3-4-13-11(6-9)14(19-22-13)12-8-23-15(18-12)10-2-1-5-17-7-10;/h1-8H,(H,20,21);1H. The number of hydrogen-bond acceptors (Lipinski definition) is 6. The zero-order valence-corrected chi connectivity index (χ0v) is 13.7. The van der Waals surface area contributed by atoms with E-state index in [9.17, 15) is 4.79 Å². The smallest absolute Gasteiger partial charge is 0.335 e. The summed E-state index contributed by atoms with van der Waals surface area (Å²) in [6, 6.07) is 8.41. The summed E-state index contributed by atoms with van der Waals surface area (Å²) in [6.07, 6.45) is 3.45. The summed E-state index contributed by atoms with van der Waals surface area (Å²) in [4.78, 5) is 19.8. The average molecular weight is 360 g/mol. The van der Waals surface area contributed by atoms with Crippen LogP contribution in [0, 0.1) is 0 Å². The first kappa shape index (κ1) is 16.1. The van der Waals surface area contributed by atoms with E-state index in [1.54, 1.807) is 24.5 Å². The third-order valence-electron chi connectivity index (χ3n) is 3.37. The van der Waals surface area contributed by atoms with Gasteiger partial charge in [-0.25, -0.2) is 9.78 Å². The van der Waals surface area contributed by atoms with Gasteiger partial charge in [0.1, 0.15) is 16.4 Å². The Kier molecular flexibility index (Phi) is 4.28. The minimum absolute atomic E-state index is 0. The highest BCUT2D eigenvalue weighted by molar-refractivity contribution is 7.13. The molecule has 0 unspecified atom stereocenters. The molecule has 4 rings (SSSR count). The van der Waals surface area contributed by atoms with E-state index in [4.69, 9.17) is 9.63 Å². The van der Waals surface area contributed by atoms with E-state index in [1.165, 1.54) is 17.4 Å².